The molecule has 3 aromatic heterocycles. The van der Waals surface area contributed by atoms with E-state index in [0.717, 1.165) is 27.0 Å². The zero-order valence-electron chi connectivity index (χ0n) is 17.2. The number of thiophene rings is 1. The summed E-state index contributed by atoms with van der Waals surface area (Å²) in [5, 5.41) is 3.73. The molecule has 4 rings (SSSR count). The van der Waals surface area contributed by atoms with E-state index in [-0.39, 0.29) is 5.91 Å². The smallest absolute Gasteiger partial charge is 0.263 e. The molecular weight excluding hydrogens is 412 g/mol. The van der Waals surface area contributed by atoms with Gasteiger partial charge in [-0.25, -0.2) is 4.98 Å². The van der Waals surface area contributed by atoms with Gasteiger partial charge in [-0.1, -0.05) is 6.07 Å². The monoisotopic (exact) mass is 434 g/mol. The third-order valence-electron chi connectivity index (χ3n) is 4.92. The van der Waals surface area contributed by atoms with Gasteiger partial charge in [-0.3, -0.25) is 9.78 Å². The zero-order chi connectivity index (χ0) is 21.8. The van der Waals surface area contributed by atoms with Crippen LogP contribution in [0.5, 0.6) is 11.5 Å². The number of rotatable bonds is 7. The maximum atomic E-state index is 12.7. The van der Waals surface area contributed by atoms with E-state index in [1.54, 1.807) is 26.6 Å². The number of amides is 1. The van der Waals surface area contributed by atoms with Gasteiger partial charge in [0, 0.05) is 29.9 Å². The molecule has 0 spiro atoms. The molecular formula is C23H22N4O3S. The average molecular weight is 435 g/mol. The van der Waals surface area contributed by atoms with Crippen LogP contribution in [0.3, 0.4) is 0 Å². The number of aromatic nitrogens is 2. The van der Waals surface area contributed by atoms with E-state index < -0.39 is 0 Å². The summed E-state index contributed by atoms with van der Waals surface area (Å²) in [5.41, 5.74) is 9.52. The Kier molecular flexibility index (Phi) is 5.99. The van der Waals surface area contributed by atoms with Gasteiger partial charge < -0.3 is 20.5 Å². The standard InChI is InChI=1S/C23H22N4O3S/c1-29-18-6-3-14(13-19(18)30-2)7-12-26-22(28)21-20(24)16-4-5-17(27-23(16)31-21)15-8-10-25-11-9-15/h3-6,8-11,13H,7,12,24H2,1-2H3,(H,26,28). The van der Waals surface area contributed by atoms with Crippen LogP contribution in [0.1, 0.15) is 15.2 Å². The molecule has 7 nitrogen and oxygen atoms in total. The van der Waals surface area contributed by atoms with Crippen molar-refractivity contribution in [3.8, 4) is 22.8 Å². The molecule has 1 aromatic carbocycles. The minimum Gasteiger partial charge on any atom is -0.493 e. The molecule has 0 atom stereocenters. The van der Waals surface area contributed by atoms with Crippen molar-refractivity contribution in [3.05, 3.63) is 65.3 Å². The molecule has 8 heteroatoms. The number of hydrogen-bond acceptors (Lipinski definition) is 7. The van der Waals surface area contributed by atoms with E-state index in [9.17, 15) is 4.79 Å². The van der Waals surface area contributed by atoms with Crippen molar-refractivity contribution >= 4 is 33.1 Å². The number of carbonyl (C=O) groups excluding carboxylic acids is 1. The van der Waals surface area contributed by atoms with Gasteiger partial charge in [0.1, 0.15) is 9.71 Å². The molecule has 0 saturated heterocycles. The lowest BCUT2D eigenvalue weighted by Crippen LogP contribution is -2.25. The maximum absolute atomic E-state index is 12.7. The predicted octanol–water partition coefficient (Wildman–Crippen LogP) is 3.93. The van der Waals surface area contributed by atoms with Crippen LogP contribution in [-0.4, -0.2) is 36.6 Å². The number of nitrogens with one attached hydrogen (secondary N) is 1. The second kappa shape index (κ2) is 9.01. The van der Waals surface area contributed by atoms with E-state index in [1.807, 2.05) is 42.5 Å². The number of ether oxygens (including phenoxy) is 2. The Hall–Kier alpha value is -3.65. The van der Waals surface area contributed by atoms with Crippen molar-refractivity contribution in [2.75, 3.05) is 26.5 Å². The van der Waals surface area contributed by atoms with Crippen LogP contribution in [0.25, 0.3) is 21.5 Å². The molecule has 0 saturated carbocycles. The van der Waals surface area contributed by atoms with Crippen LogP contribution in [0, 0.1) is 0 Å². The van der Waals surface area contributed by atoms with Gasteiger partial charge in [-0.2, -0.15) is 0 Å². The lowest BCUT2D eigenvalue weighted by Gasteiger charge is -2.10. The number of benzene rings is 1. The summed E-state index contributed by atoms with van der Waals surface area (Å²) in [6.07, 6.45) is 4.10. The van der Waals surface area contributed by atoms with Gasteiger partial charge in [0.15, 0.2) is 11.5 Å². The van der Waals surface area contributed by atoms with E-state index in [2.05, 4.69) is 15.3 Å². The first-order chi connectivity index (χ1) is 15.1. The Labute approximate surface area is 183 Å². The molecule has 0 radical (unpaired) electrons. The van der Waals surface area contributed by atoms with Gasteiger partial charge in [-0.05, 0) is 48.4 Å². The van der Waals surface area contributed by atoms with E-state index >= 15 is 0 Å². The lowest BCUT2D eigenvalue weighted by atomic mass is 10.1. The minimum atomic E-state index is -0.202. The summed E-state index contributed by atoms with van der Waals surface area (Å²) in [4.78, 5) is 22.7. The Morgan fingerprint density at radius 1 is 1.06 bits per heavy atom. The minimum absolute atomic E-state index is 0.202. The highest BCUT2D eigenvalue weighted by atomic mass is 32.1. The fourth-order valence-corrected chi connectivity index (χ4v) is 4.30. The van der Waals surface area contributed by atoms with E-state index in [1.165, 1.54) is 11.3 Å². The number of hydrogen-bond donors (Lipinski definition) is 2. The molecule has 0 unspecified atom stereocenters. The largest absolute Gasteiger partial charge is 0.493 e. The summed E-state index contributed by atoms with van der Waals surface area (Å²) in [7, 11) is 3.20. The van der Waals surface area contributed by atoms with Crippen molar-refractivity contribution in [2.24, 2.45) is 0 Å². The Bertz CT molecular complexity index is 1220. The predicted molar refractivity (Wildman–Crippen MR) is 123 cm³/mol. The Morgan fingerprint density at radius 3 is 2.58 bits per heavy atom. The maximum Gasteiger partial charge on any atom is 0.263 e. The van der Waals surface area contributed by atoms with Crippen molar-refractivity contribution < 1.29 is 14.3 Å². The van der Waals surface area contributed by atoms with Gasteiger partial charge >= 0.3 is 0 Å². The molecule has 31 heavy (non-hydrogen) atoms. The number of pyridine rings is 2. The van der Waals surface area contributed by atoms with Crippen LogP contribution in [0.15, 0.2) is 54.9 Å². The van der Waals surface area contributed by atoms with Crippen molar-refractivity contribution in [1.82, 2.24) is 15.3 Å². The zero-order valence-corrected chi connectivity index (χ0v) is 18.0. The molecule has 0 aliphatic heterocycles. The summed E-state index contributed by atoms with van der Waals surface area (Å²) >= 11 is 1.30. The van der Waals surface area contributed by atoms with Gasteiger partial charge in [0.25, 0.3) is 5.91 Å². The fraction of sp³-hybridized carbons (Fsp3) is 0.174. The number of carbonyl (C=O) groups is 1. The summed E-state index contributed by atoms with van der Waals surface area (Å²) in [5.74, 6) is 1.13. The molecule has 1 amide bonds. The second-order valence-electron chi connectivity index (χ2n) is 6.83. The number of fused-ring (bicyclic) bond motifs is 1. The first-order valence-electron chi connectivity index (χ1n) is 9.69. The molecule has 4 aromatic rings. The highest BCUT2D eigenvalue weighted by Crippen LogP contribution is 2.34. The lowest BCUT2D eigenvalue weighted by molar-refractivity contribution is 0.0959. The van der Waals surface area contributed by atoms with Crippen molar-refractivity contribution in [3.63, 3.8) is 0 Å². The average Bonchev–Trinajstić information content (AvgIpc) is 3.15. The molecule has 0 bridgehead atoms. The number of anilines is 1. The van der Waals surface area contributed by atoms with Crippen LogP contribution in [0.2, 0.25) is 0 Å². The second-order valence-corrected chi connectivity index (χ2v) is 7.82. The Balaban J connectivity index is 1.47. The molecule has 0 aliphatic rings. The number of nitrogens with two attached hydrogens (primary N) is 1. The number of methoxy groups -OCH3 is 2. The molecule has 158 valence electrons. The topological polar surface area (TPSA) is 99.4 Å². The highest BCUT2D eigenvalue weighted by Gasteiger charge is 2.17. The third-order valence-corrected chi connectivity index (χ3v) is 6.04. The molecule has 0 fully saturated rings. The first kappa shape index (κ1) is 20.6. The van der Waals surface area contributed by atoms with E-state index in [0.29, 0.717) is 35.0 Å². The molecule has 0 aliphatic carbocycles. The summed E-state index contributed by atoms with van der Waals surface area (Å²) in [6.45, 7) is 0.470. The van der Waals surface area contributed by atoms with Crippen molar-refractivity contribution in [2.45, 2.75) is 6.42 Å². The van der Waals surface area contributed by atoms with Crippen LogP contribution >= 0.6 is 11.3 Å². The van der Waals surface area contributed by atoms with Crippen molar-refractivity contribution in [1.29, 1.82) is 0 Å². The van der Waals surface area contributed by atoms with Crippen LogP contribution in [0.4, 0.5) is 5.69 Å². The van der Waals surface area contributed by atoms with E-state index in [4.69, 9.17) is 15.2 Å². The van der Waals surface area contributed by atoms with Gasteiger partial charge in [-0.15, -0.1) is 11.3 Å². The quantitative estimate of drug-likeness (QED) is 0.457. The summed E-state index contributed by atoms with van der Waals surface area (Å²) < 4.78 is 10.6. The molecule has 3 N–H and O–H groups in total. The number of nitrogen functional groups attached to an aromatic ring is 1. The van der Waals surface area contributed by atoms with Crippen LogP contribution < -0.4 is 20.5 Å². The number of nitrogens with zero attached hydrogens (tertiary/aromatic N) is 2. The van der Waals surface area contributed by atoms with Gasteiger partial charge in [0.05, 0.1) is 25.6 Å². The fourth-order valence-electron chi connectivity index (χ4n) is 3.29. The first-order valence-corrected chi connectivity index (χ1v) is 10.5. The SMILES string of the molecule is COc1ccc(CCNC(=O)c2sc3nc(-c4ccncc4)ccc3c2N)cc1OC. The van der Waals surface area contributed by atoms with Crippen LogP contribution in [-0.2, 0) is 6.42 Å². The Morgan fingerprint density at radius 2 is 1.84 bits per heavy atom. The normalized spacial score (nSPS) is 10.8. The molecule has 3 heterocycles. The third kappa shape index (κ3) is 4.29. The highest BCUT2D eigenvalue weighted by molar-refractivity contribution is 7.21. The van der Waals surface area contributed by atoms with Gasteiger partial charge in [0.2, 0.25) is 0 Å². The summed E-state index contributed by atoms with van der Waals surface area (Å²) in [6, 6.07) is 13.3.